The first-order chi connectivity index (χ1) is 9.66. The summed E-state index contributed by atoms with van der Waals surface area (Å²) >= 11 is 0. The number of likely N-dealkylation sites (tertiary alicyclic amines) is 1. The smallest absolute Gasteiger partial charge is 0.270 e. The second kappa shape index (κ2) is 5.20. The Kier molecular flexibility index (Phi) is 3.40. The standard InChI is InChI=1S/C14H17N3O3/c18-14(10-3-1-5-12(7-10)17(19)20)16-6-2-4-11-8-15-9-13(11)16/h1,3,5,7,11,13,15H,2,4,6,8-9H2. The fraction of sp³-hybridized carbons (Fsp3) is 0.500. The van der Waals surface area contributed by atoms with E-state index in [1.54, 1.807) is 12.1 Å². The summed E-state index contributed by atoms with van der Waals surface area (Å²) in [7, 11) is 0. The van der Waals surface area contributed by atoms with Crippen molar-refractivity contribution in [2.45, 2.75) is 18.9 Å². The van der Waals surface area contributed by atoms with Crippen LogP contribution in [0.1, 0.15) is 23.2 Å². The molecule has 1 amide bonds. The largest absolute Gasteiger partial charge is 0.334 e. The molecule has 1 aromatic rings. The van der Waals surface area contributed by atoms with Gasteiger partial charge in [-0.3, -0.25) is 14.9 Å². The zero-order valence-electron chi connectivity index (χ0n) is 11.1. The first kappa shape index (κ1) is 13.1. The SMILES string of the molecule is O=C(c1cccc([N+](=O)[O-])c1)N1CCCC2CNCC21. The third kappa shape index (κ3) is 2.27. The molecule has 6 nitrogen and oxygen atoms in total. The second-order valence-corrected chi connectivity index (χ2v) is 5.43. The van der Waals surface area contributed by atoms with Gasteiger partial charge in [0.15, 0.2) is 0 Å². The molecular formula is C14H17N3O3. The van der Waals surface area contributed by atoms with E-state index in [-0.39, 0.29) is 17.6 Å². The Hall–Kier alpha value is -1.95. The number of carbonyl (C=O) groups is 1. The molecule has 0 aromatic heterocycles. The van der Waals surface area contributed by atoms with Gasteiger partial charge in [-0.2, -0.15) is 0 Å². The van der Waals surface area contributed by atoms with Gasteiger partial charge in [0.05, 0.1) is 4.92 Å². The van der Waals surface area contributed by atoms with Crippen molar-refractivity contribution in [1.82, 2.24) is 10.2 Å². The molecule has 0 spiro atoms. The van der Waals surface area contributed by atoms with E-state index in [0.717, 1.165) is 32.5 Å². The summed E-state index contributed by atoms with van der Waals surface area (Å²) in [5.41, 5.74) is 0.376. The molecule has 2 atom stereocenters. The average molecular weight is 275 g/mol. The Morgan fingerprint density at radius 2 is 2.25 bits per heavy atom. The summed E-state index contributed by atoms with van der Waals surface area (Å²) in [6.07, 6.45) is 2.15. The van der Waals surface area contributed by atoms with Gasteiger partial charge < -0.3 is 10.2 Å². The third-order valence-electron chi connectivity index (χ3n) is 4.24. The molecule has 0 saturated carbocycles. The Bertz CT molecular complexity index is 546. The van der Waals surface area contributed by atoms with Crippen LogP contribution in [0.25, 0.3) is 0 Å². The van der Waals surface area contributed by atoms with Gasteiger partial charge in [-0.15, -0.1) is 0 Å². The van der Waals surface area contributed by atoms with E-state index in [1.807, 2.05) is 4.90 Å². The second-order valence-electron chi connectivity index (χ2n) is 5.43. The number of carbonyl (C=O) groups excluding carboxylic acids is 1. The van der Waals surface area contributed by atoms with Gasteiger partial charge in [0, 0.05) is 43.4 Å². The van der Waals surface area contributed by atoms with Gasteiger partial charge in [0.1, 0.15) is 0 Å². The molecule has 0 bridgehead atoms. The quantitative estimate of drug-likeness (QED) is 0.654. The van der Waals surface area contributed by atoms with Gasteiger partial charge in [-0.25, -0.2) is 0 Å². The van der Waals surface area contributed by atoms with Crippen LogP contribution in [0.2, 0.25) is 0 Å². The van der Waals surface area contributed by atoms with E-state index >= 15 is 0 Å². The monoisotopic (exact) mass is 275 g/mol. The van der Waals surface area contributed by atoms with E-state index < -0.39 is 4.92 Å². The highest BCUT2D eigenvalue weighted by atomic mass is 16.6. The van der Waals surface area contributed by atoms with Gasteiger partial charge in [-0.05, 0) is 24.8 Å². The zero-order chi connectivity index (χ0) is 14.1. The van der Waals surface area contributed by atoms with Crippen LogP contribution in [0.5, 0.6) is 0 Å². The number of amides is 1. The molecule has 20 heavy (non-hydrogen) atoms. The summed E-state index contributed by atoms with van der Waals surface area (Å²) in [5, 5.41) is 14.1. The Morgan fingerprint density at radius 1 is 1.40 bits per heavy atom. The number of hydrogen-bond acceptors (Lipinski definition) is 4. The number of hydrogen-bond donors (Lipinski definition) is 1. The summed E-state index contributed by atoms with van der Waals surface area (Å²) in [4.78, 5) is 24.8. The highest BCUT2D eigenvalue weighted by Crippen LogP contribution is 2.28. The molecule has 0 radical (unpaired) electrons. The molecule has 2 aliphatic heterocycles. The molecule has 0 aliphatic carbocycles. The Balaban J connectivity index is 1.84. The van der Waals surface area contributed by atoms with E-state index in [9.17, 15) is 14.9 Å². The maximum atomic E-state index is 12.6. The third-order valence-corrected chi connectivity index (χ3v) is 4.24. The molecule has 2 aliphatic rings. The molecular weight excluding hydrogens is 258 g/mol. The predicted octanol–water partition coefficient (Wildman–Crippen LogP) is 1.42. The lowest BCUT2D eigenvalue weighted by Crippen LogP contribution is -2.48. The molecule has 1 N–H and O–H groups in total. The number of benzene rings is 1. The number of piperidine rings is 1. The highest BCUT2D eigenvalue weighted by molar-refractivity contribution is 5.95. The number of nitrogens with one attached hydrogen (secondary N) is 1. The van der Waals surface area contributed by atoms with Crippen molar-refractivity contribution >= 4 is 11.6 Å². The minimum atomic E-state index is -0.465. The summed E-state index contributed by atoms with van der Waals surface area (Å²) < 4.78 is 0. The number of fused-ring (bicyclic) bond motifs is 1. The van der Waals surface area contributed by atoms with Gasteiger partial charge >= 0.3 is 0 Å². The Morgan fingerprint density at radius 3 is 3.05 bits per heavy atom. The van der Waals surface area contributed by atoms with Crippen LogP contribution >= 0.6 is 0 Å². The summed E-state index contributed by atoms with van der Waals surface area (Å²) in [5.74, 6) is 0.429. The Labute approximate surface area is 116 Å². The molecule has 2 heterocycles. The fourth-order valence-electron chi connectivity index (χ4n) is 3.24. The molecule has 2 saturated heterocycles. The maximum Gasteiger partial charge on any atom is 0.270 e. The van der Waals surface area contributed by atoms with Crippen molar-refractivity contribution in [3.63, 3.8) is 0 Å². The van der Waals surface area contributed by atoms with E-state index in [1.165, 1.54) is 12.1 Å². The number of nitrogens with zero attached hydrogens (tertiary/aromatic N) is 2. The van der Waals surface area contributed by atoms with E-state index in [2.05, 4.69) is 5.32 Å². The number of nitro benzene ring substituents is 1. The highest BCUT2D eigenvalue weighted by Gasteiger charge is 2.37. The van der Waals surface area contributed by atoms with Crippen molar-refractivity contribution in [1.29, 1.82) is 0 Å². The lowest BCUT2D eigenvalue weighted by Gasteiger charge is -2.37. The minimum Gasteiger partial charge on any atom is -0.334 e. The predicted molar refractivity (Wildman–Crippen MR) is 73.5 cm³/mol. The molecule has 2 unspecified atom stereocenters. The normalized spacial score (nSPS) is 25.3. The van der Waals surface area contributed by atoms with Gasteiger partial charge in [-0.1, -0.05) is 6.07 Å². The maximum absolute atomic E-state index is 12.6. The first-order valence-corrected chi connectivity index (χ1v) is 6.93. The van der Waals surface area contributed by atoms with Crippen LogP contribution in [-0.4, -0.2) is 41.4 Å². The van der Waals surface area contributed by atoms with E-state index in [0.29, 0.717) is 11.5 Å². The van der Waals surface area contributed by atoms with Crippen LogP contribution in [0, 0.1) is 16.0 Å². The first-order valence-electron chi connectivity index (χ1n) is 6.93. The van der Waals surface area contributed by atoms with Crippen LogP contribution in [0.3, 0.4) is 0 Å². The van der Waals surface area contributed by atoms with E-state index in [4.69, 9.17) is 0 Å². The van der Waals surface area contributed by atoms with Gasteiger partial charge in [0.25, 0.3) is 11.6 Å². The fourth-order valence-corrected chi connectivity index (χ4v) is 3.24. The number of non-ortho nitro benzene ring substituents is 1. The lowest BCUT2D eigenvalue weighted by molar-refractivity contribution is -0.384. The van der Waals surface area contributed by atoms with Gasteiger partial charge in [0.2, 0.25) is 0 Å². The van der Waals surface area contributed by atoms with Crippen LogP contribution in [-0.2, 0) is 0 Å². The molecule has 2 fully saturated rings. The van der Waals surface area contributed by atoms with Crippen LogP contribution in [0.4, 0.5) is 5.69 Å². The molecule has 6 heteroatoms. The van der Waals surface area contributed by atoms with Crippen molar-refractivity contribution < 1.29 is 9.72 Å². The summed E-state index contributed by atoms with van der Waals surface area (Å²) in [6, 6.07) is 6.23. The molecule has 106 valence electrons. The lowest BCUT2D eigenvalue weighted by atomic mass is 9.91. The molecule has 3 rings (SSSR count). The number of nitro groups is 1. The van der Waals surface area contributed by atoms with Crippen molar-refractivity contribution in [3.8, 4) is 0 Å². The topological polar surface area (TPSA) is 75.5 Å². The van der Waals surface area contributed by atoms with Crippen molar-refractivity contribution in [2.24, 2.45) is 5.92 Å². The van der Waals surface area contributed by atoms with Crippen molar-refractivity contribution in [2.75, 3.05) is 19.6 Å². The summed E-state index contributed by atoms with van der Waals surface area (Å²) in [6.45, 7) is 2.53. The minimum absolute atomic E-state index is 0.0334. The average Bonchev–Trinajstić information content (AvgIpc) is 2.95. The van der Waals surface area contributed by atoms with Crippen molar-refractivity contribution in [3.05, 3.63) is 39.9 Å². The molecule has 1 aromatic carbocycles. The number of rotatable bonds is 2. The van der Waals surface area contributed by atoms with Crippen LogP contribution in [0.15, 0.2) is 24.3 Å². The zero-order valence-corrected chi connectivity index (χ0v) is 11.1. The van der Waals surface area contributed by atoms with Crippen LogP contribution < -0.4 is 5.32 Å².